The molecule has 2 aromatic carbocycles. The van der Waals surface area contributed by atoms with E-state index in [9.17, 15) is 27.6 Å². The molecule has 0 unspecified atom stereocenters. The normalized spacial score (nSPS) is 19.0. The third-order valence-electron chi connectivity index (χ3n) is 7.86. The van der Waals surface area contributed by atoms with Crippen molar-refractivity contribution in [2.75, 3.05) is 13.2 Å². The van der Waals surface area contributed by atoms with Gasteiger partial charge in [-0.05, 0) is 73.7 Å². The maximum Gasteiger partial charge on any atom is 0.416 e. The van der Waals surface area contributed by atoms with Crippen molar-refractivity contribution in [2.45, 2.75) is 71.0 Å². The Morgan fingerprint density at radius 3 is 2.42 bits per heavy atom. The smallest absolute Gasteiger partial charge is 0.416 e. The van der Waals surface area contributed by atoms with Gasteiger partial charge in [0.05, 0.1) is 36.6 Å². The van der Waals surface area contributed by atoms with Crippen molar-refractivity contribution in [2.24, 2.45) is 17.8 Å². The van der Waals surface area contributed by atoms with Crippen molar-refractivity contribution >= 4 is 30.7 Å². The zero-order chi connectivity index (χ0) is 31.4. The van der Waals surface area contributed by atoms with E-state index in [0.717, 1.165) is 41.8 Å². The predicted octanol–water partition coefficient (Wildman–Crippen LogP) is 6.40. The number of ketones is 1. The van der Waals surface area contributed by atoms with E-state index in [4.69, 9.17) is 9.47 Å². The molecule has 1 saturated carbocycles. The fraction of sp³-hybridized carbons (Fsp3) is 0.516. The van der Waals surface area contributed by atoms with Crippen LogP contribution < -0.4 is 10.3 Å². The molecule has 1 aliphatic rings. The minimum absolute atomic E-state index is 0.0400. The highest BCUT2D eigenvalue weighted by atomic mass is 28.3. The number of fused-ring (bicyclic) bond motifs is 1. The van der Waals surface area contributed by atoms with Crippen molar-refractivity contribution in [3.63, 3.8) is 0 Å². The van der Waals surface area contributed by atoms with E-state index in [1.165, 1.54) is 0 Å². The van der Waals surface area contributed by atoms with Gasteiger partial charge in [-0.1, -0.05) is 38.2 Å². The molecule has 12 heteroatoms. The van der Waals surface area contributed by atoms with E-state index < -0.39 is 49.1 Å². The summed E-state index contributed by atoms with van der Waals surface area (Å²) in [7, 11) is -1.50. The summed E-state index contributed by atoms with van der Waals surface area (Å²) in [6.45, 7) is 9.29. The lowest BCUT2D eigenvalue weighted by molar-refractivity contribution is -0.150. The van der Waals surface area contributed by atoms with Crippen LogP contribution >= 0.6 is 0 Å². The molecule has 1 aromatic heterocycles. The summed E-state index contributed by atoms with van der Waals surface area (Å²) in [6, 6.07) is 10.3. The van der Waals surface area contributed by atoms with Crippen molar-refractivity contribution in [3.8, 4) is 5.75 Å². The number of carbonyl (C=O) groups is 2. The SMILES string of the molecule is CCCCOc1ccc(C(=O)[C@H]2CC[C@@H](Cn3nnc4ccc(C(F)(F)F)cc4c3=O)[C@@H]2C(=O)OCC[Si](C)(C)C)cc1. The number of alkyl halides is 3. The van der Waals surface area contributed by atoms with Gasteiger partial charge in [0.1, 0.15) is 11.3 Å². The Morgan fingerprint density at radius 2 is 1.77 bits per heavy atom. The first-order chi connectivity index (χ1) is 20.3. The highest BCUT2D eigenvalue weighted by Gasteiger charge is 2.46. The molecule has 1 heterocycles. The summed E-state index contributed by atoms with van der Waals surface area (Å²) in [5, 5.41) is 7.67. The molecular weight excluding hydrogens is 579 g/mol. The van der Waals surface area contributed by atoms with Gasteiger partial charge < -0.3 is 9.47 Å². The molecule has 1 fully saturated rings. The fourth-order valence-corrected chi connectivity index (χ4v) is 6.06. The Balaban J connectivity index is 1.60. The van der Waals surface area contributed by atoms with Gasteiger partial charge in [0.2, 0.25) is 0 Å². The van der Waals surface area contributed by atoms with Crippen LogP contribution in [0.2, 0.25) is 25.7 Å². The molecule has 3 aromatic rings. The van der Waals surface area contributed by atoms with Gasteiger partial charge in [-0.2, -0.15) is 13.2 Å². The molecule has 8 nitrogen and oxygen atoms in total. The summed E-state index contributed by atoms with van der Waals surface area (Å²) >= 11 is 0. The van der Waals surface area contributed by atoms with Crippen LogP contribution in [0.3, 0.4) is 0 Å². The molecule has 43 heavy (non-hydrogen) atoms. The summed E-state index contributed by atoms with van der Waals surface area (Å²) in [5.74, 6) is -2.10. The minimum Gasteiger partial charge on any atom is -0.494 e. The number of aromatic nitrogens is 3. The topological polar surface area (TPSA) is 100 Å². The van der Waals surface area contributed by atoms with Crippen LogP contribution in [0.4, 0.5) is 13.2 Å². The van der Waals surface area contributed by atoms with Gasteiger partial charge in [0, 0.05) is 19.6 Å². The quantitative estimate of drug-likeness (QED) is 0.100. The van der Waals surface area contributed by atoms with Crippen molar-refractivity contribution in [1.82, 2.24) is 15.0 Å². The number of benzene rings is 2. The number of unbranched alkanes of at least 4 members (excludes halogenated alkanes) is 1. The zero-order valence-electron chi connectivity index (χ0n) is 24.9. The van der Waals surface area contributed by atoms with E-state index in [1.807, 2.05) is 0 Å². The Hall–Kier alpha value is -3.54. The highest BCUT2D eigenvalue weighted by molar-refractivity contribution is 6.76. The Morgan fingerprint density at radius 1 is 1.05 bits per heavy atom. The maximum absolute atomic E-state index is 13.7. The number of hydrogen-bond acceptors (Lipinski definition) is 7. The van der Waals surface area contributed by atoms with E-state index in [2.05, 4.69) is 36.9 Å². The van der Waals surface area contributed by atoms with Crippen LogP contribution in [0.5, 0.6) is 5.75 Å². The third-order valence-corrected chi connectivity index (χ3v) is 9.56. The largest absolute Gasteiger partial charge is 0.494 e. The first-order valence-electron chi connectivity index (χ1n) is 14.7. The molecule has 1 aliphatic carbocycles. The average Bonchev–Trinajstić information content (AvgIpc) is 3.37. The molecule has 0 bridgehead atoms. The molecule has 0 radical (unpaired) electrons. The molecule has 0 spiro atoms. The van der Waals surface area contributed by atoms with Crippen molar-refractivity contribution < 1.29 is 32.2 Å². The second kappa shape index (κ2) is 13.4. The number of esters is 1. The van der Waals surface area contributed by atoms with Gasteiger partial charge in [-0.25, -0.2) is 4.68 Å². The number of hydrogen-bond donors (Lipinski definition) is 0. The van der Waals surface area contributed by atoms with Crippen LogP contribution in [-0.2, 0) is 22.3 Å². The summed E-state index contributed by atoms with van der Waals surface area (Å²) in [4.78, 5) is 40.4. The molecule has 0 amide bonds. The predicted molar refractivity (Wildman–Crippen MR) is 159 cm³/mol. The first kappa shape index (κ1) is 32.4. The summed E-state index contributed by atoms with van der Waals surface area (Å²) < 4.78 is 52.3. The van der Waals surface area contributed by atoms with E-state index in [-0.39, 0.29) is 29.8 Å². The van der Waals surface area contributed by atoms with Crippen LogP contribution in [0.1, 0.15) is 48.5 Å². The van der Waals surface area contributed by atoms with Gasteiger partial charge in [0.15, 0.2) is 5.78 Å². The molecule has 0 N–H and O–H groups in total. The van der Waals surface area contributed by atoms with Crippen molar-refractivity contribution in [3.05, 3.63) is 63.9 Å². The number of nitrogens with zero attached hydrogens (tertiary/aromatic N) is 3. The van der Waals surface area contributed by atoms with Gasteiger partial charge in [-0.3, -0.25) is 14.4 Å². The number of rotatable bonds is 12. The number of ether oxygens (including phenoxy) is 2. The molecular formula is C31H38F3N3O5Si. The van der Waals surface area contributed by atoms with Gasteiger partial charge in [-0.15, -0.1) is 5.10 Å². The second-order valence-corrected chi connectivity index (χ2v) is 18.0. The molecule has 3 atom stereocenters. The molecule has 0 saturated heterocycles. The van der Waals surface area contributed by atoms with Crippen LogP contribution in [0.25, 0.3) is 10.9 Å². The zero-order valence-corrected chi connectivity index (χ0v) is 25.9. The standard InChI is InChI=1S/C31H38F3N3O5Si/c1-5-6-15-41-23-11-7-20(8-12-23)28(38)24-13-9-21(27(24)30(40)42-16-17-43(2,3)4)19-37-29(39)25-18-22(31(32,33)34)10-14-26(25)35-36-37/h7-8,10-12,14,18,21,24,27H,5-6,9,13,15-17,19H2,1-4H3/t21-,24-,27-/m0/s1. The second-order valence-electron chi connectivity index (χ2n) is 12.3. The fourth-order valence-electron chi connectivity index (χ4n) is 5.35. The highest BCUT2D eigenvalue weighted by Crippen LogP contribution is 2.41. The molecule has 4 rings (SSSR count). The van der Waals surface area contributed by atoms with Crippen LogP contribution in [-0.4, -0.2) is 48.0 Å². The Bertz CT molecular complexity index is 1500. The monoisotopic (exact) mass is 617 g/mol. The number of carbonyl (C=O) groups excluding carboxylic acids is 2. The first-order valence-corrected chi connectivity index (χ1v) is 18.4. The molecule has 232 valence electrons. The Kier molecular flexibility index (Phi) is 10.1. The summed E-state index contributed by atoms with van der Waals surface area (Å²) in [5.41, 5.74) is -1.22. The van der Waals surface area contributed by atoms with Gasteiger partial charge in [0.25, 0.3) is 5.56 Å². The number of Topliss-reactive ketones (excluding diaryl/α,β-unsaturated/α-hetero) is 1. The van der Waals surface area contributed by atoms with E-state index in [1.54, 1.807) is 24.3 Å². The van der Waals surface area contributed by atoms with E-state index >= 15 is 0 Å². The lowest BCUT2D eigenvalue weighted by atomic mass is 9.84. The average molecular weight is 618 g/mol. The van der Waals surface area contributed by atoms with Crippen LogP contribution in [0, 0.1) is 17.8 Å². The maximum atomic E-state index is 13.7. The lowest BCUT2D eigenvalue weighted by Crippen LogP contribution is -2.36. The van der Waals surface area contributed by atoms with Gasteiger partial charge >= 0.3 is 12.1 Å². The minimum atomic E-state index is -4.63. The Labute approximate surface area is 249 Å². The van der Waals surface area contributed by atoms with Crippen LogP contribution in [0.15, 0.2) is 47.3 Å². The lowest BCUT2D eigenvalue weighted by Gasteiger charge is -2.24. The summed E-state index contributed by atoms with van der Waals surface area (Å²) in [6.07, 6.45) is -1.89. The number of halogens is 3. The van der Waals surface area contributed by atoms with E-state index in [0.29, 0.717) is 30.8 Å². The van der Waals surface area contributed by atoms with Crippen molar-refractivity contribution in [1.29, 1.82) is 0 Å². The molecule has 0 aliphatic heterocycles. The third kappa shape index (κ3) is 8.10.